The van der Waals surface area contributed by atoms with E-state index in [1.165, 1.54) is 45.6 Å². The van der Waals surface area contributed by atoms with Gasteiger partial charge in [-0.25, -0.2) is 0 Å². The molecule has 0 saturated carbocycles. The molecule has 0 unspecified atom stereocenters. The van der Waals surface area contributed by atoms with Gasteiger partial charge in [0.1, 0.15) is 0 Å². The van der Waals surface area contributed by atoms with Crippen LogP contribution < -0.4 is 0 Å². The fraction of sp³-hybridized carbons (Fsp3) is 0.867. The fourth-order valence-electron chi connectivity index (χ4n) is 2.75. The molecule has 1 rings (SSSR count). The zero-order valence-electron chi connectivity index (χ0n) is 11.8. The first-order chi connectivity index (χ1) is 8.10. The van der Waals surface area contributed by atoms with Crippen LogP contribution in [0, 0.1) is 12.3 Å². The third kappa shape index (κ3) is 4.69. The minimum Gasteiger partial charge on any atom is -0.301 e. The van der Waals surface area contributed by atoms with Crippen molar-refractivity contribution in [1.82, 2.24) is 9.80 Å². The third-order valence-corrected chi connectivity index (χ3v) is 3.89. The van der Waals surface area contributed by atoms with Crippen LogP contribution in [-0.2, 0) is 0 Å². The zero-order chi connectivity index (χ0) is 12.7. The third-order valence-electron chi connectivity index (χ3n) is 3.89. The molecule has 2 nitrogen and oxygen atoms in total. The van der Waals surface area contributed by atoms with Crippen molar-refractivity contribution in [3.63, 3.8) is 0 Å². The van der Waals surface area contributed by atoms with Crippen molar-refractivity contribution >= 4 is 0 Å². The van der Waals surface area contributed by atoms with Crippen LogP contribution >= 0.6 is 0 Å². The second kappa shape index (κ2) is 7.03. The topological polar surface area (TPSA) is 6.48 Å². The molecule has 1 fully saturated rings. The number of nitrogens with zero attached hydrogens (tertiary/aromatic N) is 2. The van der Waals surface area contributed by atoms with E-state index in [1.54, 1.807) is 0 Å². The van der Waals surface area contributed by atoms with Crippen LogP contribution in [0.5, 0.6) is 0 Å². The largest absolute Gasteiger partial charge is 0.301 e. The molecule has 2 heteroatoms. The van der Waals surface area contributed by atoms with E-state index in [0.717, 1.165) is 12.8 Å². The Morgan fingerprint density at radius 1 is 1.18 bits per heavy atom. The van der Waals surface area contributed by atoms with Gasteiger partial charge >= 0.3 is 0 Å². The second-order valence-electron chi connectivity index (χ2n) is 5.70. The molecule has 0 aromatic rings. The molecule has 0 bridgehead atoms. The SMILES string of the molecule is C#CCCCN1CCN(C(C)(C)CCC)CC1. The standard InChI is InChI=1S/C15H28N2/c1-5-7-8-10-16-11-13-17(14-12-16)15(3,4)9-6-2/h1H,6-14H2,2-4H3. The molecule has 0 aliphatic carbocycles. The highest BCUT2D eigenvalue weighted by Gasteiger charge is 2.28. The number of hydrogen-bond acceptors (Lipinski definition) is 2. The van der Waals surface area contributed by atoms with E-state index in [2.05, 4.69) is 36.5 Å². The molecule has 0 aromatic carbocycles. The predicted octanol–water partition coefficient (Wildman–Crippen LogP) is 2.60. The lowest BCUT2D eigenvalue weighted by Crippen LogP contribution is -2.54. The summed E-state index contributed by atoms with van der Waals surface area (Å²) in [6.07, 6.45) is 9.91. The van der Waals surface area contributed by atoms with Crippen LogP contribution in [0.25, 0.3) is 0 Å². The van der Waals surface area contributed by atoms with E-state index in [9.17, 15) is 0 Å². The summed E-state index contributed by atoms with van der Waals surface area (Å²) in [5, 5.41) is 0. The molecule has 1 aliphatic rings. The van der Waals surface area contributed by atoms with E-state index < -0.39 is 0 Å². The summed E-state index contributed by atoms with van der Waals surface area (Å²) in [6, 6.07) is 0. The van der Waals surface area contributed by atoms with Crippen molar-refractivity contribution in [2.45, 2.75) is 52.0 Å². The quantitative estimate of drug-likeness (QED) is 0.517. The number of rotatable bonds is 6. The van der Waals surface area contributed by atoms with Gasteiger partial charge in [-0.15, -0.1) is 12.3 Å². The van der Waals surface area contributed by atoms with E-state index in [-0.39, 0.29) is 0 Å². The molecule has 0 N–H and O–H groups in total. The number of piperazine rings is 1. The molecule has 1 heterocycles. The highest BCUT2D eigenvalue weighted by atomic mass is 15.3. The summed E-state index contributed by atoms with van der Waals surface area (Å²) in [5.74, 6) is 2.72. The van der Waals surface area contributed by atoms with Gasteiger partial charge < -0.3 is 4.90 Å². The molecule has 0 spiro atoms. The Hall–Kier alpha value is -0.520. The summed E-state index contributed by atoms with van der Waals surface area (Å²) >= 11 is 0. The first kappa shape index (κ1) is 14.5. The summed E-state index contributed by atoms with van der Waals surface area (Å²) in [4.78, 5) is 5.20. The minimum atomic E-state index is 0.375. The Morgan fingerprint density at radius 2 is 1.82 bits per heavy atom. The van der Waals surface area contributed by atoms with Crippen LogP contribution in [0.4, 0.5) is 0 Å². The molecule has 1 aliphatic heterocycles. The fourth-order valence-corrected chi connectivity index (χ4v) is 2.75. The smallest absolute Gasteiger partial charge is 0.0154 e. The number of hydrogen-bond donors (Lipinski definition) is 0. The maximum Gasteiger partial charge on any atom is 0.0154 e. The predicted molar refractivity (Wildman–Crippen MR) is 75.1 cm³/mol. The van der Waals surface area contributed by atoms with Crippen LogP contribution in [0.2, 0.25) is 0 Å². The Morgan fingerprint density at radius 3 is 2.35 bits per heavy atom. The van der Waals surface area contributed by atoms with Gasteiger partial charge in [-0.2, -0.15) is 0 Å². The molecular weight excluding hydrogens is 208 g/mol. The molecule has 0 radical (unpaired) electrons. The summed E-state index contributed by atoms with van der Waals surface area (Å²) in [6.45, 7) is 13.0. The molecule has 1 saturated heterocycles. The van der Waals surface area contributed by atoms with Crippen molar-refractivity contribution in [1.29, 1.82) is 0 Å². The van der Waals surface area contributed by atoms with Gasteiger partial charge in [0.05, 0.1) is 0 Å². The Labute approximate surface area is 107 Å². The molecule has 0 amide bonds. The van der Waals surface area contributed by atoms with Gasteiger partial charge in [-0.1, -0.05) is 13.3 Å². The highest BCUT2D eigenvalue weighted by Crippen LogP contribution is 2.22. The lowest BCUT2D eigenvalue weighted by molar-refractivity contribution is 0.0466. The van der Waals surface area contributed by atoms with Crippen molar-refractivity contribution in [2.24, 2.45) is 0 Å². The Balaban J connectivity index is 2.28. The maximum atomic E-state index is 5.28. The maximum absolute atomic E-state index is 5.28. The van der Waals surface area contributed by atoms with Gasteiger partial charge in [0.15, 0.2) is 0 Å². The minimum absolute atomic E-state index is 0.375. The Kier molecular flexibility index (Phi) is 6.02. The Bertz CT molecular complexity index is 244. The van der Waals surface area contributed by atoms with Crippen molar-refractivity contribution < 1.29 is 0 Å². The number of unbranched alkanes of at least 4 members (excludes halogenated alkanes) is 1. The normalized spacial score (nSPS) is 19.2. The van der Waals surface area contributed by atoms with E-state index in [0.29, 0.717) is 5.54 Å². The van der Waals surface area contributed by atoms with Gasteiger partial charge in [-0.05, 0) is 33.2 Å². The number of terminal acetylenes is 1. The first-order valence-electron chi connectivity index (χ1n) is 7.01. The van der Waals surface area contributed by atoms with Gasteiger partial charge in [0.25, 0.3) is 0 Å². The van der Waals surface area contributed by atoms with Crippen LogP contribution in [0.15, 0.2) is 0 Å². The average Bonchev–Trinajstić information content (AvgIpc) is 2.30. The van der Waals surface area contributed by atoms with Gasteiger partial charge in [0.2, 0.25) is 0 Å². The summed E-state index contributed by atoms with van der Waals surface area (Å²) in [7, 11) is 0. The summed E-state index contributed by atoms with van der Waals surface area (Å²) in [5.41, 5.74) is 0.375. The lowest BCUT2D eigenvalue weighted by Gasteiger charge is -2.44. The monoisotopic (exact) mass is 236 g/mol. The molecular formula is C15H28N2. The zero-order valence-corrected chi connectivity index (χ0v) is 11.8. The molecule has 98 valence electrons. The molecule has 17 heavy (non-hydrogen) atoms. The molecule has 0 atom stereocenters. The van der Waals surface area contributed by atoms with E-state index in [4.69, 9.17) is 6.42 Å². The second-order valence-corrected chi connectivity index (χ2v) is 5.70. The molecule has 0 aromatic heterocycles. The van der Waals surface area contributed by atoms with Crippen molar-refractivity contribution in [3.05, 3.63) is 0 Å². The first-order valence-corrected chi connectivity index (χ1v) is 7.01. The van der Waals surface area contributed by atoms with Gasteiger partial charge in [0, 0.05) is 38.1 Å². The van der Waals surface area contributed by atoms with Crippen LogP contribution in [0.1, 0.15) is 46.5 Å². The van der Waals surface area contributed by atoms with Crippen molar-refractivity contribution in [2.75, 3.05) is 32.7 Å². The average molecular weight is 236 g/mol. The van der Waals surface area contributed by atoms with E-state index in [1.807, 2.05) is 0 Å². The van der Waals surface area contributed by atoms with E-state index >= 15 is 0 Å². The lowest BCUT2D eigenvalue weighted by atomic mass is 9.95. The van der Waals surface area contributed by atoms with Crippen LogP contribution in [-0.4, -0.2) is 48.1 Å². The van der Waals surface area contributed by atoms with Gasteiger partial charge in [-0.3, -0.25) is 4.90 Å². The van der Waals surface area contributed by atoms with Crippen molar-refractivity contribution in [3.8, 4) is 12.3 Å². The summed E-state index contributed by atoms with van der Waals surface area (Å²) < 4.78 is 0. The highest BCUT2D eigenvalue weighted by molar-refractivity contribution is 4.86. The van der Waals surface area contributed by atoms with Crippen LogP contribution in [0.3, 0.4) is 0 Å².